The van der Waals surface area contributed by atoms with Gasteiger partial charge < -0.3 is 14.9 Å². The summed E-state index contributed by atoms with van der Waals surface area (Å²) in [6.07, 6.45) is 8.00. The Kier molecular flexibility index (Phi) is 5.21. The molecule has 31 heavy (non-hydrogen) atoms. The number of nitrogens with one attached hydrogen (secondary N) is 2. The number of aryl methyl sites for hydroxylation is 1. The fourth-order valence-corrected chi connectivity index (χ4v) is 4.07. The van der Waals surface area contributed by atoms with Crippen LogP contribution < -0.4 is 10.5 Å². The first-order chi connectivity index (χ1) is 15.2. The van der Waals surface area contributed by atoms with Gasteiger partial charge in [0.05, 0.1) is 46.8 Å². The van der Waals surface area contributed by atoms with E-state index in [1.54, 1.807) is 12.5 Å². The van der Waals surface area contributed by atoms with Crippen molar-refractivity contribution in [2.24, 2.45) is 0 Å². The number of anilines is 1. The molecule has 1 saturated heterocycles. The molecule has 1 aliphatic heterocycles. The first-order valence-corrected chi connectivity index (χ1v) is 10.6. The van der Waals surface area contributed by atoms with Crippen LogP contribution in [0.4, 0.5) is 5.69 Å². The molecule has 0 unspecified atom stereocenters. The molecule has 0 bridgehead atoms. The predicted octanol–water partition coefficient (Wildman–Crippen LogP) is 2.59. The zero-order valence-electron chi connectivity index (χ0n) is 17.5. The minimum atomic E-state index is -0.0188. The second kappa shape index (κ2) is 8.31. The lowest BCUT2D eigenvalue weighted by molar-refractivity contribution is 0.249. The van der Waals surface area contributed by atoms with Gasteiger partial charge in [0, 0.05) is 44.5 Å². The number of H-pyrrole nitrogens is 2. The van der Waals surface area contributed by atoms with Gasteiger partial charge in [0.2, 0.25) is 0 Å². The molecule has 1 aliphatic rings. The number of piperazine rings is 1. The van der Waals surface area contributed by atoms with Crippen LogP contribution in [0.1, 0.15) is 18.1 Å². The van der Waals surface area contributed by atoms with Gasteiger partial charge in [-0.2, -0.15) is 0 Å². The fraction of sp³-hybridized carbons (Fsp3) is 0.304. The summed E-state index contributed by atoms with van der Waals surface area (Å²) in [4.78, 5) is 36.1. The van der Waals surface area contributed by atoms with Crippen LogP contribution in [0.2, 0.25) is 0 Å². The van der Waals surface area contributed by atoms with E-state index in [0.717, 1.165) is 72.0 Å². The zero-order chi connectivity index (χ0) is 21.2. The number of nitrogens with zero attached hydrogens (tertiary/aromatic N) is 5. The van der Waals surface area contributed by atoms with Crippen molar-refractivity contribution >= 4 is 16.7 Å². The van der Waals surface area contributed by atoms with Crippen LogP contribution in [-0.4, -0.2) is 56.0 Å². The third-order valence-electron chi connectivity index (χ3n) is 5.87. The largest absolute Gasteiger partial charge is 0.368 e. The minimum Gasteiger partial charge on any atom is -0.368 e. The Morgan fingerprint density at radius 3 is 2.61 bits per heavy atom. The number of fused-ring (bicyclic) bond motifs is 1. The lowest BCUT2D eigenvalue weighted by atomic mass is 10.1. The van der Waals surface area contributed by atoms with E-state index < -0.39 is 0 Å². The number of imidazole rings is 1. The predicted molar refractivity (Wildman–Crippen MR) is 121 cm³/mol. The van der Waals surface area contributed by atoms with Crippen LogP contribution in [0, 0.1) is 0 Å². The molecule has 0 aromatic carbocycles. The van der Waals surface area contributed by atoms with Crippen molar-refractivity contribution in [3.63, 3.8) is 0 Å². The molecular formula is C23H25N7O. The summed E-state index contributed by atoms with van der Waals surface area (Å²) in [6.45, 7) is 6.63. The number of rotatable bonds is 5. The number of hydrogen-bond acceptors (Lipinski definition) is 6. The Bertz CT molecular complexity index is 1220. The van der Waals surface area contributed by atoms with Gasteiger partial charge in [-0.15, -0.1) is 0 Å². The Morgan fingerprint density at radius 1 is 1.03 bits per heavy atom. The van der Waals surface area contributed by atoms with Gasteiger partial charge in [0.25, 0.3) is 5.56 Å². The molecule has 8 nitrogen and oxygen atoms in total. The lowest BCUT2D eigenvalue weighted by Crippen LogP contribution is -2.46. The summed E-state index contributed by atoms with van der Waals surface area (Å²) >= 11 is 0. The van der Waals surface area contributed by atoms with E-state index in [2.05, 4.69) is 40.8 Å². The molecule has 8 heteroatoms. The van der Waals surface area contributed by atoms with E-state index in [-0.39, 0.29) is 5.56 Å². The topological polar surface area (TPSA) is 93.8 Å². The minimum absolute atomic E-state index is 0.0188. The van der Waals surface area contributed by atoms with Crippen molar-refractivity contribution < 1.29 is 0 Å². The Morgan fingerprint density at radius 2 is 1.90 bits per heavy atom. The van der Waals surface area contributed by atoms with Crippen molar-refractivity contribution in [2.45, 2.75) is 19.9 Å². The van der Waals surface area contributed by atoms with E-state index in [1.165, 1.54) is 0 Å². The fourth-order valence-electron chi connectivity index (χ4n) is 4.07. The molecule has 4 aromatic rings. The standard InChI is InChI=1S/C23H25N7O/c1-2-17-10-20-21(28-23(17)31)9-16(11-25-20)14-29-5-7-30(8-6-29)18-3-4-19(26-12-18)22-13-24-15-27-22/h3-4,9-13,15H,2,5-8,14H2,1H3,(H,24,27)(H,28,31). The van der Waals surface area contributed by atoms with Crippen LogP contribution in [0.15, 0.2) is 54.0 Å². The van der Waals surface area contributed by atoms with Crippen molar-refractivity contribution in [3.05, 3.63) is 70.7 Å². The monoisotopic (exact) mass is 415 g/mol. The molecule has 0 atom stereocenters. The van der Waals surface area contributed by atoms with Gasteiger partial charge >= 0.3 is 0 Å². The molecule has 0 aliphatic carbocycles. The van der Waals surface area contributed by atoms with Crippen molar-refractivity contribution in [2.75, 3.05) is 31.1 Å². The van der Waals surface area contributed by atoms with Gasteiger partial charge in [0.1, 0.15) is 0 Å². The van der Waals surface area contributed by atoms with Crippen LogP contribution in [0.5, 0.6) is 0 Å². The zero-order valence-corrected chi connectivity index (χ0v) is 17.5. The Balaban J connectivity index is 1.22. The second-order valence-electron chi connectivity index (χ2n) is 7.88. The van der Waals surface area contributed by atoms with Gasteiger partial charge in [-0.25, -0.2) is 4.98 Å². The van der Waals surface area contributed by atoms with E-state index >= 15 is 0 Å². The van der Waals surface area contributed by atoms with E-state index in [4.69, 9.17) is 0 Å². The third-order valence-corrected chi connectivity index (χ3v) is 5.87. The van der Waals surface area contributed by atoms with Crippen LogP contribution >= 0.6 is 0 Å². The van der Waals surface area contributed by atoms with Crippen LogP contribution in [-0.2, 0) is 13.0 Å². The number of pyridine rings is 3. The molecule has 2 N–H and O–H groups in total. The van der Waals surface area contributed by atoms with Gasteiger partial charge in [-0.1, -0.05) is 6.92 Å². The van der Waals surface area contributed by atoms with Crippen molar-refractivity contribution in [1.82, 2.24) is 29.8 Å². The highest BCUT2D eigenvalue weighted by molar-refractivity contribution is 5.74. The maximum Gasteiger partial charge on any atom is 0.251 e. The molecule has 0 radical (unpaired) electrons. The summed E-state index contributed by atoms with van der Waals surface area (Å²) in [6, 6.07) is 8.09. The normalized spacial score (nSPS) is 14.9. The molecule has 5 heterocycles. The third kappa shape index (κ3) is 4.06. The van der Waals surface area contributed by atoms with Gasteiger partial charge in [-0.05, 0) is 36.2 Å². The SMILES string of the molecule is CCc1cc2ncc(CN3CCN(c4ccc(-c5cnc[nH]5)nc4)CC3)cc2[nH]c1=O. The molecule has 4 aromatic heterocycles. The number of aromatic amines is 2. The van der Waals surface area contributed by atoms with Gasteiger partial charge in [-0.3, -0.25) is 19.7 Å². The van der Waals surface area contributed by atoms with Crippen molar-refractivity contribution in [1.29, 1.82) is 0 Å². The lowest BCUT2D eigenvalue weighted by Gasteiger charge is -2.36. The molecule has 0 amide bonds. The summed E-state index contributed by atoms with van der Waals surface area (Å²) in [5, 5.41) is 0. The highest BCUT2D eigenvalue weighted by Gasteiger charge is 2.18. The molecule has 1 fully saturated rings. The first kappa shape index (κ1) is 19.4. The summed E-state index contributed by atoms with van der Waals surface area (Å²) in [5.41, 5.74) is 6.48. The molecule has 5 rings (SSSR count). The molecule has 0 saturated carbocycles. The van der Waals surface area contributed by atoms with Gasteiger partial charge in [0.15, 0.2) is 0 Å². The Hall–Kier alpha value is -3.52. The molecule has 158 valence electrons. The Labute approximate surface area is 180 Å². The maximum absolute atomic E-state index is 12.1. The maximum atomic E-state index is 12.1. The number of aromatic nitrogens is 5. The van der Waals surface area contributed by atoms with E-state index in [9.17, 15) is 4.79 Å². The highest BCUT2D eigenvalue weighted by Crippen LogP contribution is 2.20. The highest BCUT2D eigenvalue weighted by atomic mass is 16.1. The summed E-state index contributed by atoms with van der Waals surface area (Å²) < 4.78 is 0. The van der Waals surface area contributed by atoms with Crippen LogP contribution in [0.3, 0.4) is 0 Å². The molecular weight excluding hydrogens is 390 g/mol. The molecule has 0 spiro atoms. The van der Waals surface area contributed by atoms with Crippen LogP contribution in [0.25, 0.3) is 22.4 Å². The average Bonchev–Trinajstić information content (AvgIpc) is 3.34. The smallest absolute Gasteiger partial charge is 0.251 e. The summed E-state index contributed by atoms with van der Waals surface area (Å²) in [7, 11) is 0. The summed E-state index contributed by atoms with van der Waals surface area (Å²) in [5.74, 6) is 0. The first-order valence-electron chi connectivity index (χ1n) is 10.6. The second-order valence-corrected chi connectivity index (χ2v) is 7.88. The average molecular weight is 416 g/mol. The van der Waals surface area contributed by atoms with E-state index in [1.807, 2.05) is 37.5 Å². The quantitative estimate of drug-likeness (QED) is 0.520. The number of hydrogen-bond donors (Lipinski definition) is 2. The van der Waals surface area contributed by atoms with Crippen molar-refractivity contribution in [3.8, 4) is 11.4 Å². The van der Waals surface area contributed by atoms with E-state index in [0.29, 0.717) is 6.42 Å².